The van der Waals surface area contributed by atoms with Gasteiger partial charge in [0.25, 0.3) is 5.91 Å². The standard InChI is InChI=1S/C28H36N4O4/c1-20(33)31-12-9-23(10-13-31)29-24-6-7-27-26(16-24)28(35)32(14-15-36-27)19-25(34)18-30-11-8-21-4-2-3-5-22(21)17-30/h2-7,16,23,25,29,34H,8-15,17-19H2,1H3/t25-/m1/s1. The lowest BCUT2D eigenvalue weighted by atomic mass is 10.00. The van der Waals surface area contributed by atoms with Gasteiger partial charge in [0.15, 0.2) is 0 Å². The van der Waals surface area contributed by atoms with Crippen LogP contribution < -0.4 is 10.1 Å². The topological polar surface area (TPSA) is 85.4 Å². The summed E-state index contributed by atoms with van der Waals surface area (Å²) in [5.41, 5.74) is 4.10. The van der Waals surface area contributed by atoms with Crippen molar-refractivity contribution < 1.29 is 19.4 Å². The Morgan fingerprint density at radius 3 is 2.64 bits per heavy atom. The molecule has 3 aliphatic heterocycles. The third-order valence-corrected chi connectivity index (χ3v) is 7.54. The Kier molecular flexibility index (Phi) is 7.43. The first-order valence-corrected chi connectivity index (χ1v) is 13.0. The molecule has 2 aromatic carbocycles. The van der Waals surface area contributed by atoms with Crippen molar-refractivity contribution in [3.05, 3.63) is 59.2 Å². The first kappa shape index (κ1) is 24.6. The molecule has 2 amide bonds. The van der Waals surface area contributed by atoms with Crippen LogP contribution in [0.3, 0.4) is 0 Å². The number of carbonyl (C=O) groups is 2. The van der Waals surface area contributed by atoms with Crippen LogP contribution in [-0.2, 0) is 17.8 Å². The molecule has 0 unspecified atom stereocenters. The number of β-amino-alcohol motifs (C(OH)–C–C–N with tert-alkyl or cyclic N) is 1. The van der Waals surface area contributed by atoms with Crippen molar-refractivity contribution in [1.29, 1.82) is 0 Å². The smallest absolute Gasteiger partial charge is 0.257 e. The Labute approximate surface area is 212 Å². The van der Waals surface area contributed by atoms with Crippen LogP contribution in [0.2, 0.25) is 0 Å². The van der Waals surface area contributed by atoms with E-state index in [0.29, 0.717) is 31.0 Å². The molecule has 8 heteroatoms. The molecule has 0 spiro atoms. The summed E-state index contributed by atoms with van der Waals surface area (Å²) < 4.78 is 5.88. The van der Waals surface area contributed by atoms with Crippen LogP contribution in [0.25, 0.3) is 0 Å². The highest BCUT2D eigenvalue weighted by atomic mass is 16.5. The lowest BCUT2D eigenvalue weighted by Crippen LogP contribution is -2.44. The van der Waals surface area contributed by atoms with Crippen molar-refractivity contribution in [3.8, 4) is 5.75 Å². The summed E-state index contributed by atoms with van der Waals surface area (Å²) in [5, 5.41) is 14.4. The van der Waals surface area contributed by atoms with E-state index in [-0.39, 0.29) is 24.4 Å². The second-order valence-electron chi connectivity index (χ2n) is 10.1. The predicted molar refractivity (Wildman–Crippen MR) is 138 cm³/mol. The highest BCUT2D eigenvalue weighted by Gasteiger charge is 2.28. The van der Waals surface area contributed by atoms with Crippen molar-refractivity contribution in [2.24, 2.45) is 0 Å². The molecule has 1 atom stereocenters. The number of amides is 2. The Bertz CT molecular complexity index is 1100. The third kappa shape index (κ3) is 5.65. The number of hydrogen-bond donors (Lipinski definition) is 2. The number of ether oxygens (including phenoxy) is 1. The van der Waals surface area contributed by atoms with Crippen LogP contribution in [0.5, 0.6) is 5.75 Å². The zero-order valence-electron chi connectivity index (χ0n) is 21.0. The minimum atomic E-state index is -0.631. The van der Waals surface area contributed by atoms with E-state index in [1.807, 2.05) is 23.1 Å². The molecule has 0 radical (unpaired) electrons. The van der Waals surface area contributed by atoms with Crippen molar-refractivity contribution in [2.45, 2.75) is 44.9 Å². The average Bonchev–Trinajstić information content (AvgIpc) is 3.03. The maximum absolute atomic E-state index is 13.4. The van der Waals surface area contributed by atoms with Gasteiger partial charge in [0.1, 0.15) is 12.4 Å². The fraction of sp³-hybridized carbons (Fsp3) is 0.500. The Morgan fingerprint density at radius 2 is 1.86 bits per heavy atom. The SMILES string of the molecule is CC(=O)N1CCC(Nc2ccc3c(c2)C(=O)N(C[C@H](O)CN2CCc4ccccc4C2)CCO3)CC1. The first-order valence-electron chi connectivity index (χ1n) is 13.0. The van der Waals surface area contributed by atoms with Gasteiger partial charge in [-0.3, -0.25) is 14.5 Å². The summed E-state index contributed by atoms with van der Waals surface area (Å²) in [6.45, 7) is 6.50. The van der Waals surface area contributed by atoms with Gasteiger partial charge in [-0.25, -0.2) is 0 Å². The first-order chi connectivity index (χ1) is 17.5. The Morgan fingerprint density at radius 1 is 1.08 bits per heavy atom. The molecule has 0 aliphatic carbocycles. The maximum Gasteiger partial charge on any atom is 0.257 e. The molecule has 2 aromatic rings. The fourth-order valence-electron chi connectivity index (χ4n) is 5.52. The summed E-state index contributed by atoms with van der Waals surface area (Å²) in [6.07, 6.45) is 2.10. The van der Waals surface area contributed by atoms with E-state index in [4.69, 9.17) is 4.74 Å². The van der Waals surface area contributed by atoms with Crippen molar-refractivity contribution in [1.82, 2.24) is 14.7 Å². The molecule has 8 nitrogen and oxygen atoms in total. The van der Waals surface area contributed by atoms with E-state index in [9.17, 15) is 14.7 Å². The number of hydrogen-bond acceptors (Lipinski definition) is 6. The van der Waals surface area contributed by atoms with E-state index in [2.05, 4.69) is 34.5 Å². The van der Waals surface area contributed by atoms with Crippen molar-refractivity contribution in [3.63, 3.8) is 0 Å². The number of piperidine rings is 1. The van der Waals surface area contributed by atoms with E-state index < -0.39 is 6.10 Å². The van der Waals surface area contributed by atoms with Gasteiger partial charge in [0.05, 0.1) is 18.2 Å². The number of fused-ring (bicyclic) bond motifs is 2. The molecule has 1 fully saturated rings. The molecule has 192 valence electrons. The van der Waals surface area contributed by atoms with Gasteiger partial charge >= 0.3 is 0 Å². The Balaban J connectivity index is 1.19. The maximum atomic E-state index is 13.4. The Hall–Kier alpha value is -3.10. The second-order valence-corrected chi connectivity index (χ2v) is 10.1. The van der Waals surface area contributed by atoms with Crippen LogP contribution in [0.1, 0.15) is 41.3 Å². The molecule has 2 N–H and O–H groups in total. The van der Waals surface area contributed by atoms with E-state index >= 15 is 0 Å². The van der Waals surface area contributed by atoms with Gasteiger partial charge in [0.2, 0.25) is 5.91 Å². The number of rotatable bonds is 6. The number of aliphatic hydroxyl groups excluding tert-OH is 1. The molecule has 5 rings (SSSR count). The number of carbonyl (C=O) groups excluding carboxylic acids is 2. The third-order valence-electron chi connectivity index (χ3n) is 7.54. The largest absolute Gasteiger partial charge is 0.491 e. The van der Waals surface area contributed by atoms with Gasteiger partial charge < -0.3 is 25.0 Å². The molecule has 0 saturated carbocycles. The number of benzene rings is 2. The summed E-state index contributed by atoms with van der Waals surface area (Å²) in [4.78, 5) is 30.9. The number of nitrogens with one attached hydrogen (secondary N) is 1. The average molecular weight is 493 g/mol. The molecular weight excluding hydrogens is 456 g/mol. The van der Waals surface area contributed by atoms with Crippen LogP contribution in [0.15, 0.2) is 42.5 Å². The van der Waals surface area contributed by atoms with Gasteiger partial charge in [-0.2, -0.15) is 0 Å². The van der Waals surface area contributed by atoms with Gasteiger partial charge in [-0.1, -0.05) is 24.3 Å². The minimum absolute atomic E-state index is 0.111. The predicted octanol–water partition coefficient (Wildman–Crippen LogP) is 2.36. The molecular formula is C28H36N4O4. The summed E-state index contributed by atoms with van der Waals surface area (Å²) in [5.74, 6) is 0.593. The lowest BCUT2D eigenvalue weighted by Gasteiger charge is -2.32. The van der Waals surface area contributed by atoms with Crippen molar-refractivity contribution in [2.75, 3.05) is 51.2 Å². The van der Waals surface area contributed by atoms with Gasteiger partial charge in [-0.05, 0) is 48.6 Å². The fourth-order valence-corrected chi connectivity index (χ4v) is 5.52. The summed E-state index contributed by atoms with van der Waals surface area (Å²) in [7, 11) is 0. The summed E-state index contributed by atoms with van der Waals surface area (Å²) >= 11 is 0. The van der Waals surface area contributed by atoms with E-state index in [0.717, 1.165) is 51.1 Å². The summed E-state index contributed by atoms with van der Waals surface area (Å²) in [6, 6.07) is 14.4. The molecule has 36 heavy (non-hydrogen) atoms. The quantitative estimate of drug-likeness (QED) is 0.644. The molecule has 3 heterocycles. The normalized spacial score (nSPS) is 19.7. The van der Waals surface area contributed by atoms with Crippen LogP contribution in [0, 0.1) is 0 Å². The number of nitrogens with zero attached hydrogens (tertiary/aromatic N) is 3. The van der Waals surface area contributed by atoms with Crippen LogP contribution in [0.4, 0.5) is 5.69 Å². The number of anilines is 1. The number of likely N-dealkylation sites (tertiary alicyclic amines) is 1. The molecule has 0 aromatic heterocycles. The van der Waals surface area contributed by atoms with E-state index in [1.165, 1.54) is 11.1 Å². The zero-order valence-corrected chi connectivity index (χ0v) is 21.0. The van der Waals surface area contributed by atoms with Crippen LogP contribution >= 0.6 is 0 Å². The van der Waals surface area contributed by atoms with E-state index in [1.54, 1.807) is 11.8 Å². The highest BCUT2D eigenvalue weighted by Crippen LogP contribution is 2.28. The number of aliphatic hydroxyl groups is 1. The van der Waals surface area contributed by atoms with Crippen molar-refractivity contribution >= 4 is 17.5 Å². The molecule has 0 bridgehead atoms. The minimum Gasteiger partial charge on any atom is -0.491 e. The van der Waals surface area contributed by atoms with Gasteiger partial charge in [-0.15, -0.1) is 0 Å². The van der Waals surface area contributed by atoms with Crippen LogP contribution in [-0.4, -0.2) is 89.6 Å². The molecule has 3 aliphatic rings. The lowest BCUT2D eigenvalue weighted by molar-refractivity contribution is -0.129. The molecule has 1 saturated heterocycles. The van der Waals surface area contributed by atoms with Gasteiger partial charge in [0, 0.05) is 57.9 Å². The second kappa shape index (κ2) is 10.9. The monoisotopic (exact) mass is 492 g/mol. The highest BCUT2D eigenvalue weighted by molar-refractivity contribution is 5.98. The zero-order chi connectivity index (χ0) is 25.1.